The largest absolute Gasteiger partial charge is 0.355 e. The van der Waals surface area contributed by atoms with E-state index >= 15 is 0 Å². The molecule has 0 atom stereocenters. The van der Waals surface area contributed by atoms with E-state index in [0.29, 0.717) is 18.5 Å². The minimum Gasteiger partial charge on any atom is -0.355 e. The first kappa shape index (κ1) is 19.3. The summed E-state index contributed by atoms with van der Waals surface area (Å²) < 4.78 is 1.93. The Morgan fingerprint density at radius 3 is 2.18 bits per heavy atom. The maximum Gasteiger partial charge on any atom is 0.249 e. The molecule has 1 heterocycles. The van der Waals surface area contributed by atoms with E-state index in [4.69, 9.17) is 0 Å². The number of amides is 2. The third-order valence-corrected chi connectivity index (χ3v) is 4.22. The maximum atomic E-state index is 12.2. The lowest BCUT2D eigenvalue weighted by atomic mass is 10.1. The molecule has 5 nitrogen and oxygen atoms in total. The number of nitrogens with zero attached hydrogens (tertiary/aromatic N) is 2. The highest BCUT2D eigenvalue weighted by molar-refractivity contribution is 5.80. The van der Waals surface area contributed by atoms with E-state index in [9.17, 15) is 9.59 Å². The Hall–Kier alpha value is -3.47. The Bertz CT molecular complexity index is 979. The van der Waals surface area contributed by atoms with Crippen molar-refractivity contribution in [3.05, 3.63) is 102 Å². The van der Waals surface area contributed by atoms with Gasteiger partial charge < -0.3 is 9.88 Å². The smallest absolute Gasteiger partial charge is 0.249 e. The molecule has 3 rings (SSSR count). The van der Waals surface area contributed by atoms with Crippen molar-refractivity contribution in [2.45, 2.75) is 19.4 Å². The number of benzene rings is 2. The number of rotatable bonds is 7. The topological polar surface area (TPSA) is 63.5 Å². The maximum absolute atomic E-state index is 12.2. The number of hydrogen-bond donors (Lipinski definition) is 1. The average molecular weight is 373 g/mol. The molecule has 0 radical (unpaired) electrons. The summed E-state index contributed by atoms with van der Waals surface area (Å²) in [6.45, 7) is 0.918. The molecule has 2 aromatic carbocycles. The van der Waals surface area contributed by atoms with Crippen molar-refractivity contribution < 1.29 is 9.59 Å². The number of aromatic nitrogens is 1. The standard InChI is InChI=1S/C23H23N3O2/c27-22(14-15-24-23(28)17-19-9-3-1-4-10-19)25-21-13-7-8-16-26(21)18-20-11-5-2-6-12-20/h1-13,16H,14-15,17-18H2,(H,24,28). The van der Waals surface area contributed by atoms with Crippen LogP contribution in [0.4, 0.5) is 0 Å². The Morgan fingerprint density at radius 2 is 1.46 bits per heavy atom. The van der Waals surface area contributed by atoms with E-state index < -0.39 is 0 Å². The van der Waals surface area contributed by atoms with E-state index in [0.717, 1.165) is 11.1 Å². The fourth-order valence-corrected chi connectivity index (χ4v) is 2.82. The van der Waals surface area contributed by atoms with Crippen LogP contribution in [0.1, 0.15) is 17.5 Å². The lowest BCUT2D eigenvalue weighted by molar-refractivity contribution is -0.120. The molecule has 1 N–H and O–H groups in total. The van der Waals surface area contributed by atoms with Crippen LogP contribution in [0.15, 0.2) is 90.1 Å². The highest BCUT2D eigenvalue weighted by Gasteiger charge is 2.05. The molecule has 0 saturated heterocycles. The van der Waals surface area contributed by atoms with Crippen molar-refractivity contribution in [2.75, 3.05) is 6.54 Å². The second-order valence-corrected chi connectivity index (χ2v) is 6.44. The Kier molecular flexibility index (Phi) is 6.90. The second-order valence-electron chi connectivity index (χ2n) is 6.44. The summed E-state index contributed by atoms with van der Waals surface area (Å²) in [6, 6.07) is 25.1. The van der Waals surface area contributed by atoms with Crippen molar-refractivity contribution in [3.8, 4) is 0 Å². The van der Waals surface area contributed by atoms with Crippen LogP contribution in [-0.4, -0.2) is 22.9 Å². The molecular weight excluding hydrogens is 350 g/mol. The van der Waals surface area contributed by atoms with E-state index in [-0.39, 0.29) is 24.8 Å². The molecule has 3 aromatic rings. The number of nitrogens with one attached hydrogen (secondary N) is 1. The van der Waals surface area contributed by atoms with E-state index in [1.807, 2.05) is 89.6 Å². The number of carbonyl (C=O) groups is 2. The molecule has 0 aliphatic rings. The highest BCUT2D eigenvalue weighted by Crippen LogP contribution is 2.01. The predicted molar refractivity (Wildman–Crippen MR) is 108 cm³/mol. The van der Waals surface area contributed by atoms with Crippen LogP contribution in [0, 0.1) is 0 Å². The molecule has 0 spiro atoms. The summed E-state index contributed by atoms with van der Waals surface area (Å²) in [4.78, 5) is 28.4. The molecule has 142 valence electrons. The zero-order chi connectivity index (χ0) is 19.6. The summed E-state index contributed by atoms with van der Waals surface area (Å²) in [6.07, 6.45) is 2.38. The highest BCUT2D eigenvalue weighted by atomic mass is 16.2. The van der Waals surface area contributed by atoms with Crippen molar-refractivity contribution >= 4 is 11.8 Å². The van der Waals surface area contributed by atoms with E-state index in [1.54, 1.807) is 0 Å². The van der Waals surface area contributed by atoms with Gasteiger partial charge in [-0.15, -0.1) is 0 Å². The minimum absolute atomic E-state index is 0.0992. The molecule has 0 unspecified atom stereocenters. The molecule has 28 heavy (non-hydrogen) atoms. The van der Waals surface area contributed by atoms with Crippen LogP contribution < -0.4 is 10.8 Å². The van der Waals surface area contributed by atoms with E-state index in [1.165, 1.54) is 0 Å². The summed E-state index contributed by atoms with van der Waals surface area (Å²) in [5.41, 5.74) is 2.69. The third kappa shape index (κ3) is 6.06. The zero-order valence-corrected chi connectivity index (χ0v) is 15.6. The van der Waals surface area contributed by atoms with Gasteiger partial charge in [0.15, 0.2) is 0 Å². The molecule has 0 aliphatic carbocycles. The van der Waals surface area contributed by atoms with Gasteiger partial charge in [-0.25, -0.2) is 0 Å². The molecule has 5 heteroatoms. The lowest BCUT2D eigenvalue weighted by Gasteiger charge is -2.07. The summed E-state index contributed by atoms with van der Waals surface area (Å²) >= 11 is 0. The van der Waals surface area contributed by atoms with Gasteiger partial charge in [0.05, 0.1) is 6.42 Å². The SMILES string of the molecule is O=C(CCNC(=O)Cc1ccccc1)N=c1ccccn1Cc1ccccc1. The number of carbonyl (C=O) groups excluding carboxylic acids is 2. The van der Waals surface area contributed by atoms with Crippen molar-refractivity contribution in [2.24, 2.45) is 4.99 Å². The molecule has 0 fully saturated rings. The quantitative estimate of drug-likeness (QED) is 0.692. The van der Waals surface area contributed by atoms with E-state index in [2.05, 4.69) is 10.3 Å². The fraction of sp³-hybridized carbons (Fsp3) is 0.174. The van der Waals surface area contributed by atoms with Gasteiger partial charge in [0, 0.05) is 25.7 Å². The number of hydrogen-bond acceptors (Lipinski definition) is 2. The molecule has 1 aromatic heterocycles. The summed E-state index contributed by atoms with van der Waals surface area (Å²) in [5.74, 6) is -0.356. The van der Waals surface area contributed by atoms with Crippen molar-refractivity contribution in [3.63, 3.8) is 0 Å². The van der Waals surface area contributed by atoms with Crippen LogP contribution in [0.5, 0.6) is 0 Å². The summed E-state index contributed by atoms with van der Waals surface area (Å²) in [5, 5.41) is 2.78. The van der Waals surface area contributed by atoms with Gasteiger partial charge in [-0.2, -0.15) is 4.99 Å². The fourth-order valence-electron chi connectivity index (χ4n) is 2.82. The monoisotopic (exact) mass is 373 g/mol. The molecule has 0 saturated carbocycles. The first-order chi connectivity index (χ1) is 13.7. The van der Waals surface area contributed by atoms with Gasteiger partial charge in [-0.1, -0.05) is 66.7 Å². The Balaban J connectivity index is 1.55. The van der Waals surface area contributed by atoms with Crippen molar-refractivity contribution in [1.29, 1.82) is 0 Å². The van der Waals surface area contributed by atoms with Crippen LogP contribution >= 0.6 is 0 Å². The van der Waals surface area contributed by atoms with Gasteiger partial charge in [-0.3, -0.25) is 9.59 Å². The van der Waals surface area contributed by atoms with Crippen molar-refractivity contribution in [1.82, 2.24) is 9.88 Å². The Morgan fingerprint density at radius 1 is 0.821 bits per heavy atom. The first-order valence-electron chi connectivity index (χ1n) is 9.28. The predicted octanol–water partition coefficient (Wildman–Crippen LogP) is 2.71. The average Bonchev–Trinajstić information content (AvgIpc) is 2.71. The normalized spacial score (nSPS) is 11.2. The molecule has 0 bridgehead atoms. The minimum atomic E-state index is -0.256. The summed E-state index contributed by atoms with van der Waals surface area (Å²) in [7, 11) is 0. The van der Waals surface area contributed by atoms with Gasteiger partial charge in [0.25, 0.3) is 0 Å². The number of pyridine rings is 1. The van der Waals surface area contributed by atoms with Gasteiger partial charge in [-0.05, 0) is 23.3 Å². The molecular formula is C23H23N3O2. The van der Waals surface area contributed by atoms with Crippen LogP contribution in [-0.2, 0) is 22.6 Å². The van der Waals surface area contributed by atoms with Gasteiger partial charge in [0.2, 0.25) is 11.8 Å². The third-order valence-electron chi connectivity index (χ3n) is 4.22. The lowest BCUT2D eigenvalue weighted by Crippen LogP contribution is -2.28. The second kappa shape index (κ2) is 10.0. The van der Waals surface area contributed by atoms with Crippen LogP contribution in [0.25, 0.3) is 0 Å². The van der Waals surface area contributed by atoms with Gasteiger partial charge in [0.1, 0.15) is 5.49 Å². The van der Waals surface area contributed by atoms with Crippen LogP contribution in [0.2, 0.25) is 0 Å². The zero-order valence-electron chi connectivity index (χ0n) is 15.6. The van der Waals surface area contributed by atoms with Gasteiger partial charge >= 0.3 is 0 Å². The first-order valence-corrected chi connectivity index (χ1v) is 9.28. The van der Waals surface area contributed by atoms with Crippen LogP contribution in [0.3, 0.4) is 0 Å². The Labute approximate surface area is 164 Å². The molecule has 2 amide bonds. The molecule has 0 aliphatic heterocycles.